The van der Waals surface area contributed by atoms with E-state index in [0.717, 1.165) is 31.4 Å². The fourth-order valence-corrected chi connectivity index (χ4v) is 4.05. The zero-order valence-electron chi connectivity index (χ0n) is 15.9. The maximum absolute atomic E-state index is 12.3. The number of Topliss-reactive ketones (excluding diaryl/α,β-unsaturated/α-hetero) is 1. The predicted molar refractivity (Wildman–Crippen MR) is 112 cm³/mol. The number of amides is 2. The first-order chi connectivity index (χ1) is 13.5. The molecule has 1 aromatic rings. The summed E-state index contributed by atoms with van der Waals surface area (Å²) in [7, 11) is 0. The van der Waals surface area contributed by atoms with E-state index in [1.165, 1.54) is 31.5 Å². The van der Waals surface area contributed by atoms with Crippen molar-refractivity contribution in [3.8, 4) is 0 Å². The van der Waals surface area contributed by atoms with Crippen LogP contribution in [0.1, 0.15) is 62.2 Å². The van der Waals surface area contributed by atoms with Gasteiger partial charge in [-0.05, 0) is 44.7 Å². The van der Waals surface area contributed by atoms with Crippen molar-refractivity contribution < 1.29 is 14.4 Å². The van der Waals surface area contributed by atoms with Gasteiger partial charge < -0.3 is 10.6 Å². The van der Waals surface area contributed by atoms with Crippen molar-refractivity contribution >= 4 is 45.9 Å². The Morgan fingerprint density at radius 2 is 1.93 bits per heavy atom. The fraction of sp³-hybridized carbons (Fsp3) is 0.450. The average molecular weight is 401 g/mol. The molecule has 0 radical (unpaired) electrons. The number of ketones is 1. The molecule has 148 valence electrons. The highest BCUT2D eigenvalue weighted by Crippen LogP contribution is 2.24. The number of hydrogen-bond donors (Lipinski definition) is 2. The van der Waals surface area contributed by atoms with Crippen molar-refractivity contribution in [2.75, 3.05) is 5.32 Å². The number of hydrogen-bond acceptors (Lipinski definition) is 6. The highest BCUT2D eigenvalue weighted by atomic mass is 32.2. The Morgan fingerprint density at radius 1 is 1.18 bits per heavy atom. The molecule has 1 atom stereocenters. The quantitative estimate of drug-likeness (QED) is 0.449. The molecule has 2 N–H and O–H groups in total. The number of carbonyl (C=O) groups excluding carboxylic acids is 3. The standard InChI is InChI=1S/C20H24N4O3S/c1-13(25)14-7-6-10-16(11-14)21-18(26)12-17-19(27)22-20(28-17)24-23-15-8-4-2-3-5-9-15/h6-7,10-11,17H,2-5,8-9,12H2,1H3,(H,21,26)(H,22,24,27)/t17-/m0/s1. The van der Waals surface area contributed by atoms with Gasteiger partial charge in [0.05, 0.1) is 0 Å². The van der Waals surface area contributed by atoms with E-state index in [2.05, 4.69) is 20.8 Å². The summed E-state index contributed by atoms with van der Waals surface area (Å²) < 4.78 is 0. The first-order valence-corrected chi connectivity index (χ1v) is 10.4. The van der Waals surface area contributed by atoms with Gasteiger partial charge in [0.25, 0.3) is 0 Å². The van der Waals surface area contributed by atoms with Crippen LogP contribution in [0, 0.1) is 0 Å². The minimum absolute atomic E-state index is 0.0242. The van der Waals surface area contributed by atoms with E-state index in [4.69, 9.17) is 0 Å². The molecule has 2 fully saturated rings. The summed E-state index contributed by atoms with van der Waals surface area (Å²) in [4.78, 5) is 35.9. The maximum atomic E-state index is 12.3. The molecule has 3 rings (SSSR count). The van der Waals surface area contributed by atoms with Gasteiger partial charge in [-0.1, -0.05) is 36.7 Å². The topological polar surface area (TPSA) is 100.0 Å². The first-order valence-electron chi connectivity index (χ1n) is 9.53. The highest BCUT2D eigenvalue weighted by Gasteiger charge is 2.32. The van der Waals surface area contributed by atoms with E-state index in [1.54, 1.807) is 24.3 Å². The molecule has 1 heterocycles. The maximum Gasteiger partial charge on any atom is 0.240 e. The molecule has 8 heteroatoms. The average Bonchev–Trinajstić information content (AvgIpc) is 2.85. The van der Waals surface area contributed by atoms with Crippen LogP contribution in [0.3, 0.4) is 0 Å². The predicted octanol–water partition coefficient (Wildman–Crippen LogP) is 3.52. The summed E-state index contributed by atoms with van der Waals surface area (Å²) >= 11 is 1.23. The summed E-state index contributed by atoms with van der Waals surface area (Å²) in [5.74, 6) is -0.597. The minimum atomic E-state index is -0.538. The van der Waals surface area contributed by atoms with Crippen molar-refractivity contribution in [3.05, 3.63) is 29.8 Å². The monoisotopic (exact) mass is 400 g/mol. The van der Waals surface area contributed by atoms with Gasteiger partial charge in [0.2, 0.25) is 11.8 Å². The lowest BCUT2D eigenvalue weighted by molar-refractivity contribution is -0.122. The van der Waals surface area contributed by atoms with Crippen molar-refractivity contribution in [2.45, 2.75) is 57.1 Å². The molecule has 0 spiro atoms. The Kier molecular flexibility index (Phi) is 6.97. The van der Waals surface area contributed by atoms with Crippen LogP contribution in [0.5, 0.6) is 0 Å². The van der Waals surface area contributed by atoms with E-state index in [9.17, 15) is 14.4 Å². The molecule has 1 aliphatic heterocycles. The third kappa shape index (κ3) is 5.76. The second-order valence-corrected chi connectivity index (χ2v) is 8.16. The van der Waals surface area contributed by atoms with Gasteiger partial charge in [-0.2, -0.15) is 5.10 Å². The Hall–Kier alpha value is -2.48. The molecule has 7 nitrogen and oxygen atoms in total. The highest BCUT2D eigenvalue weighted by molar-refractivity contribution is 8.15. The second-order valence-electron chi connectivity index (χ2n) is 6.97. The molecular formula is C20H24N4O3S. The third-order valence-electron chi connectivity index (χ3n) is 4.66. The van der Waals surface area contributed by atoms with Crippen LogP contribution in [-0.4, -0.2) is 33.7 Å². The van der Waals surface area contributed by atoms with Gasteiger partial charge in [0, 0.05) is 23.4 Å². The molecule has 1 aromatic carbocycles. The molecule has 1 saturated carbocycles. The van der Waals surface area contributed by atoms with Crippen molar-refractivity contribution in [3.63, 3.8) is 0 Å². The van der Waals surface area contributed by atoms with Gasteiger partial charge in [0.1, 0.15) is 5.25 Å². The number of nitrogens with zero attached hydrogens (tertiary/aromatic N) is 2. The number of anilines is 1. The molecule has 28 heavy (non-hydrogen) atoms. The normalized spacial score (nSPS) is 21.2. The summed E-state index contributed by atoms with van der Waals surface area (Å²) in [5, 5.41) is 13.8. The lowest BCUT2D eigenvalue weighted by atomic mass is 10.1. The lowest BCUT2D eigenvalue weighted by Gasteiger charge is -2.08. The van der Waals surface area contributed by atoms with Crippen LogP contribution in [0.15, 0.2) is 34.5 Å². The van der Waals surface area contributed by atoms with Crippen LogP contribution in [0.2, 0.25) is 0 Å². The number of amidine groups is 1. The van der Waals surface area contributed by atoms with E-state index in [0.29, 0.717) is 16.4 Å². The molecule has 0 bridgehead atoms. The summed E-state index contributed by atoms with van der Waals surface area (Å²) in [6.45, 7) is 1.47. The van der Waals surface area contributed by atoms with Crippen molar-refractivity contribution in [2.24, 2.45) is 10.2 Å². The van der Waals surface area contributed by atoms with Crippen molar-refractivity contribution in [1.82, 2.24) is 5.32 Å². The van der Waals surface area contributed by atoms with E-state index >= 15 is 0 Å². The zero-order chi connectivity index (χ0) is 19.9. The minimum Gasteiger partial charge on any atom is -0.326 e. The summed E-state index contributed by atoms with van der Waals surface area (Å²) in [6, 6.07) is 6.73. The summed E-state index contributed by atoms with van der Waals surface area (Å²) in [6.07, 6.45) is 6.67. The van der Waals surface area contributed by atoms with Crippen molar-refractivity contribution in [1.29, 1.82) is 0 Å². The third-order valence-corrected chi connectivity index (χ3v) is 5.74. The second kappa shape index (κ2) is 9.64. The Bertz CT molecular complexity index is 824. The van der Waals surface area contributed by atoms with E-state index in [1.807, 2.05) is 0 Å². The molecule has 1 aliphatic carbocycles. The van der Waals surface area contributed by atoms with Crippen LogP contribution in [-0.2, 0) is 9.59 Å². The summed E-state index contributed by atoms with van der Waals surface area (Å²) in [5.41, 5.74) is 2.14. The van der Waals surface area contributed by atoms with E-state index < -0.39 is 5.25 Å². The number of thioether (sulfide) groups is 1. The Morgan fingerprint density at radius 3 is 2.64 bits per heavy atom. The molecule has 2 aliphatic rings. The number of rotatable bonds is 5. The number of carbonyl (C=O) groups is 3. The Balaban J connectivity index is 1.56. The molecular weight excluding hydrogens is 376 g/mol. The number of benzene rings is 1. The fourth-order valence-electron chi connectivity index (χ4n) is 3.14. The van der Waals surface area contributed by atoms with Gasteiger partial charge in [-0.15, -0.1) is 5.10 Å². The van der Waals surface area contributed by atoms with E-state index in [-0.39, 0.29) is 24.0 Å². The number of nitrogens with one attached hydrogen (secondary N) is 2. The van der Waals surface area contributed by atoms with Gasteiger partial charge in [-0.3, -0.25) is 14.4 Å². The van der Waals surface area contributed by atoms with Gasteiger partial charge in [0.15, 0.2) is 11.0 Å². The van der Waals surface area contributed by atoms with Crippen LogP contribution < -0.4 is 10.6 Å². The largest absolute Gasteiger partial charge is 0.326 e. The molecule has 2 amide bonds. The van der Waals surface area contributed by atoms with Crippen LogP contribution >= 0.6 is 11.8 Å². The molecule has 0 unspecified atom stereocenters. The molecule has 0 aromatic heterocycles. The first kappa shape index (κ1) is 20.3. The SMILES string of the molecule is CC(=O)c1cccc(NC(=O)C[C@@H]2S/C(=N/N=C3CCCCCC3)NC2=O)c1. The zero-order valence-corrected chi connectivity index (χ0v) is 16.7. The van der Waals surface area contributed by atoms with Gasteiger partial charge in [-0.25, -0.2) is 0 Å². The Labute approximate surface area is 168 Å². The van der Waals surface area contributed by atoms with Crippen LogP contribution in [0.25, 0.3) is 0 Å². The lowest BCUT2D eigenvalue weighted by Crippen LogP contribution is -2.28. The van der Waals surface area contributed by atoms with Gasteiger partial charge >= 0.3 is 0 Å². The smallest absolute Gasteiger partial charge is 0.240 e. The molecule has 1 saturated heterocycles. The van der Waals surface area contributed by atoms with Crippen LogP contribution in [0.4, 0.5) is 5.69 Å².